The quantitative estimate of drug-likeness (QED) is 0.851. The fourth-order valence-corrected chi connectivity index (χ4v) is 2.02. The molecule has 0 fully saturated rings. The summed E-state index contributed by atoms with van der Waals surface area (Å²) >= 11 is 0. The Balaban J connectivity index is 1.93. The lowest BCUT2D eigenvalue weighted by Gasteiger charge is -2.10. The van der Waals surface area contributed by atoms with Crippen molar-refractivity contribution in [3.8, 4) is 5.75 Å². The number of aryl methyl sites for hydroxylation is 1. The molecule has 0 aliphatic carbocycles. The number of carbonyl (C=O) groups excluding carboxylic acids is 2. The number of hydrogen-bond donors (Lipinski definition) is 2. The topological polar surface area (TPSA) is 67.4 Å². The second kappa shape index (κ2) is 7.26. The summed E-state index contributed by atoms with van der Waals surface area (Å²) in [6, 6.07) is 14.6. The normalized spacial score (nSPS) is 9.91. The van der Waals surface area contributed by atoms with Gasteiger partial charge in [-0.15, -0.1) is 0 Å². The van der Waals surface area contributed by atoms with Gasteiger partial charge in [-0.25, -0.2) is 0 Å². The minimum Gasteiger partial charge on any atom is -0.496 e. The van der Waals surface area contributed by atoms with Crippen LogP contribution < -0.4 is 15.4 Å². The monoisotopic (exact) mass is 298 g/mol. The lowest BCUT2D eigenvalue weighted by Crippen LogP contribution is -2.35. The number of hydrogen-bond acceptors (Lipinski definition) is 3. The van der Waals surface area contributed by atoms with Crippen LogP contribution in [0.1, 0.15) is 11.1 Å². The third kappa shape index (κ3) is 4.09. The highest BCUT2D eigenvalue weighted by Gasteiger charge is 2.14. The van der Waals surface area contributed by atoms with Crippen molar-refractivity contribution in [2.45, 2.75) is 13.5 Å². The minimum absolute atomic E-state index is 0.226. The molecule has 0 atom stereocenters. The first kappa shape index (κ1) is 15.6. The fraction of sp³-hybridized carbons (Fsp3) is 0.176. The van der Waals surface area contributed by atoms with E-state index in [0.29, 0.717) is 11.4 Å². The van der Waals surface area contributed by atoms with Gasteiger partial charge in [-0.05, 0) is 30.7 Å². The molecule has 2 amide bonds. The zero-order chi connectivity index (χ0) is 15.9. The summed E-state index contributed by atoms with van der Waals surface area (Å²) in [5.74, 6) is -0.713. The van der Waals surface area contributed by atoms with E-state index in [4.69, 9.17) is 4.74 Å². The molecule has 0 radical (unpaired) electrons. The lowest BCUT2D eigenvalue weighted by atomic mass is 10.2. The van der Waals surface area contributed by atoms with Crippen molar-refractivity contribution in [1.29, 1.82) is 0 Å². The number of benzene rings is 2. The standard InChI is InChI=1S/C17H18N2O3/c1-12-6-5-8-14(10-12)19-17(21)16(20)18-11-13-7-3-4-9-15(13)22-2/h3-10H,11H2,1-2H3,(H,18,20)(H,19,21). The number of carbonyl (C=O) groups is 2. The van der Waals surface area contributed by atoms with Gasteiger partial charge in [-0.2, -0.15) is 0 Å². The molecule has 0 bridgehead atoms. The van der Waals surface area contributed by atoms with E-state index in [0.717, 1.165) is 11.1 Å². The average Bonchev–Trinajstić information content (AvgIpc) is 2.52. The lowest BCUT2D eigenvalue weighted by molar-refractivity contribution is -0.136. The molecule has 2 rings (SSSR count). The summed E-state index contributed by atoms with van der Waals surface area (Å²) in [4.78, 5) is 23.7. The van der Waals surface area contributed by atoms with Gasteiger partial charge in [0.25, 0.3) is 0 Å². The van der Waals surface area contributed by atoms with Gasteiger partial charge >= 0.3 is 11.8 Å². The summed E-state index contributed by atoms with van der Waals surface area (Å²) in [5.41, 5.74) is 2.41. The van der Waals surface area contributed by atoms with Crippen LogP contribution in [-0.2, 0) is 16.1 Å². The van der Waals surface area contributed by atoms with E-state index >= 15 is 0 Å². The predicted octanol–water partition coefficient (Wildman–Crippen LogP) is 2.26. The van der Waals surface area contributed by atoms with E-state index in [1.807, 2.05) is 37.3 Å². The Labute approximate surface area is 129 Å². The number of para-hydroxylation sites is 1. The second-order valence-corrected chi connectivity index (χ2v) is 4.82. The maximum absolute atomic E-state index is 11.8. The molecule has 2 aromatic rings. The smallest absolute Gasteiger partial charge is 0.313 e. The molecule has 0 aliphatic heterocycles. The molecule has 0 saturated carbocycles. The van der Waals surface area contributed by atoms with Gasteiger partial charge < -0.3 is 15.4 Å². The van der Waals surface area contributed by atoms with Gasteiger partial charge in [-0.1, -0.05) is 30.3 Å². The van der Waals surface area contributed by atoms with Crippen molar-refractivity contribution in [2.75, 3.05) is 12.4 Å². The van der Waals surface area contributed by atoms with Crippen LogP contribution >= 0.6 is 0 Å². The Morgan fingerprint density at radius 3 is 2.55 bits per heavy atom. The fourth-order valence-electron chi connectivity index (χ4n) is 2.02. The van der Waals surface area contributed by atoms with Crippen LogP contribution in [0.3, 0.4) is 0 Å². The zero-order valence-corrected chi connectivity index (χ0v) is 12.6. The van der Waals surface area contributed by atoms with E-state index in [-0.39, 0.29) is 6.54 Å². The van der Waals surface area contributed by atoms with Crippen LogP contribution in [0.15, 0.2) is 48.5 Å². The van der Waals surface area contributed by atoms with Crippen LogP contribution in [0.25, 0.3) is 0 Å². The van der Waals surface area contributed by atoms with Crippen LogP contribution in [-0.4, -0.2) is 18.9 Å². The van der Waals surface area contributed by atoms with Crippen molar-refractivity contribution in [1.82, 2.24) is 5.32 Å². The van der Waals surface area contributed by atoms with Crippen LogP contribution in [0, 0.1) is 6.92 Å². The number of nitrogens with one attached hydrogen (secondary N) is 2. The SMILES string of the molecule is COc1ccccc1CNC(=O)C(=O)Nc1cccc(C)c1. The number of ether oxygens (including phenoxy) is 1. The van der Waals surface area contributed by atoms with Gasteiger partial charge in [0.1, 0.15) is 5.75 Å². The molecule has 0 unspecified atom stereocenters. The third-order valence-corrected chi connectivity index (χ3v) is 3.11. The average molecular weight is 298 g/mol. The number of anilines is 1. The summed E-state index contributed by atoms with van der Waals surface area (Å²) in [7, 11) is 1.56. The molecule has 2 aromatic carbocycles. The minimum atomic E-state index is -0.694. The Morgan fingerprint density at radius 1 is 1.05 bits per heavy atom. The molecule has 0 saturated heterocycles. The first-order valence-electron chi connectivity index (χ1n) is 6.88. The molecule has 114 valence electrons. The van der Waals surface area contributed by atoms with E-state index in [2.05, 4.69) is 10.6 Å². The van der Waals surface area contributed by atoms with Crippen LogP contribution in [0.5, 0.6) is 5.75 Å². The van der Waals surface area contributed by atoms with Gasteiger partial charge in [0, 0.05) is 17.8 Å². The van der Waals surface area contributed by atoms with Crippen molar-refractivity contribution in [2.24, 2.45) is 0 Å². The number of methoxy groups -OCH3 is 1. The molecule has 0 aliphatic rings. The highest BCUT2D eigenvalue weighted by atomic mass is 16.5. The third-order valence-electron chi connectivity index (χ3n) is 3.11. The Kier molecular flexibility index (Phi) is 5.14. The summed E-state index contributed by atoms with van der Waals surface area (Å²) in [5, 5.41) is 5.14. The van der Waals surface area contributed by atoms with Gasteiger partial charge in [0.15, 0.2) is 0 Å². The number of rotatable bonds is 4. The largest absolute Gasteiger partial charge is 0.496 e. The van der Waals surface area contributed by atoms with Gasteiger partial charge in [-0.3, -0.25) is 9.59 Å². The van der Waals surface area contributed by atoms with E-state index in [1.165, 1.54) is 0 Å². The Bertz CT molecular complexity index is 683. The van der Waals surface area contributed by atoms with Gasteiger partial charge in [0.2, 0.25) is 0 Å². The van der Waals surface area contributed by atoms with Crippen molar-refractivity contribution >= 4 is 17.5 Å². The first-order chi connectivity index (χ1) is 10.6. The maximum Gasteiger partial charge on any atom is 0.313 e. The molecular weight excluding hydrogens is 280 g/mol. The molecule has 2 N–H and O–H groups in total. The summed E-state index contributed by atoms with van der Waals surface area (Å²) in [6.45, 7) is 2.14. The maximum atomic E-state index is 11.8. The number of amides is 2. The highest BCUT2D eigenvalue weighted by molar-refractivity contribution is 6.39. The predicted molar refractivity (Wildman–Crippen MR) is 84.6 cm³/mol. The van der Waals surface area contributed by atoms with Crippen LogP contribution in [0.2, 0.25) is 0 Å². The Hall–Kier alpha value is -2.82. The first-order valence-corrected chi connectivity index (χ1v) is 6.88. The van der Waals surface area contributed by atoms with Gasteiger partial charge in [0.05, 0.1) is 7.11 Å². The van der Waals surface area contributed by atoms with E-state index in [9.17, 15) is 9.59 Å². The van der Waals surface area contributed by atoms with Crippen molar-refractivity contribution in [3.63, 3.8) is 0 Å². The van der Waals surface area contributed by atoms with Crippen LogP contribution in [0.4, 0.5) is 5.69 Å². The van der Waals surface area contributed by atoms with E-state index in [1.54, 1.807) is 25.3 Å². The second-order valence-electron chi connectivity index (χ2n) is 4.82. The molecule has 0 spiro atoms. The van der Waals surface area contributed by atoms with E-state index < -0.39 is 11.8 Å². The zero-order valence-electron chi connectivity index (χ0n) is 12.6. The molecule has 5 heteroatoms. The molecule has 0 heterocycles. The highest BCUT2D eigenvalue weighted by Crippen LogP contribution is 2.16. The Morgan fingerprint density at radius 2 is 1.82 bits per heavy atom. The molecule has 22 heavy (non-hydrogen) atoms. The molecular formula is C17H18N2O3. The summed E-state index contributed by atoms with van der Waals surface area (Å²) < 4.78 is 5.20. The molecule has 5 nitrogen and oxygen atoms in total. The molecule has 0 aromatic heterocycles. The van der Waals surface area contributed by atoms with Crippen molar-refractivity contribution < 1.29 is 14.3 Å². The van der Waals surface area contributed by atoms with Crippen molar-refractivity contribution in [3.05, 3.63) is 59.7 Å². The summed E-state index contributed by atoms with van der Waals surface area (Å²) in [6.07, 6.45) is 0.